The molecule has 0 aromatic carbocycles. The second-order valence-electron chi connectivity index (χ2n) is 3.06. The number of ether oxygens (including phenoxy) is 1. The van der Waals surface area contributed by atoms with Crippen LogP contribution in [0.1, 0.15) is 19.8 Å². The molecule has 1 aromatic rings. The Bertz CT molecular complexity index is 329. The van der Waals surface area contributed by atoms with Crippen molar-refractivity contribution in [1.29, 1.82) is 0 Å². The summed E-state index contributed by atoms with van der Waals surface area (Å²) in [5.74, 6) is 0.328. The maximum Gasteiger partial charge on any atom is 0.305 e. The quantitative estimate of drug-likeness (QED) is 0.611. The molecule has 1 heterocycles. The number of hydrogen-bond acceptors (Lipinski definition) is 5. The maximum atomic E-state index is 11.0. The van der Waals surface area contributed by atoms with Crippen molar-refractivity contribution in [1.82, 2.24) is 9.97 Å². The van der Waals surface area contributed by atoms with Crippen molar-refractivity contribution in [2.45, 2.75) is 19.8 Å². The molecule has 1 rings (SSSR count). The Morgan fingerprint density at radius 1 is 1.50 bits per heavy atom. The van der Waals surface area contributed by atoms with E-state index in [4.69, 9.17) is 16.3 Å². The molecule has 88 valence electrons. The van der Waals surface area contributed by atoms with E-state index >= 15 is 0 Å². The van der Waals surface area contributed by atoms with E-state index in [2.05, 4.69) is 15.3 Å². The molecule has 0 fully saturated rings. The zero-order valence-electron chi connectivity index (χ0n) is 9.07. The summed E-state index contributed by atoms with van der Waals surface area (Å²) in [6.07, 6.45) is 4.11. The van der Waals surface area contributed by atoms with Gasteiger partial charge in [-0.25, -0.2) is 9.97 Å². The fourth-order valence-electron chi connectivity index (χ4n) is 1.07. The highest BCUT2D eigenvalue weighted by atomic mass is 35.5. The van der Waals surface area contributed by atoms with Crippen LogP contribution in [0.4, 0.5) is 5.95 Å². The van der Waals surface area contributed by atoms with Gasteiger partial charge < -0.3 is 10.1 Å². The molecule has 0 aliphatic rings. The van der Waals surface area contributed by atoms with Gasteiger partial charge in [0.2, 0.25) is 5.95 Å². The van der Waals surface area contributed by atoms with E-state index in [-0.39, 0.29) is 5.97 Å². The summed E-state index contributed by atoms with van der Waals surface area (Å²) in [4.78, 5) is 18.9. The normalized spacial score (nSPS) is 9.88. The molecule has 0 aliphatic carbocycles. The van der Waals surface area contributed by atoms with Crippen LogP contribution in [0.5, 0.6) is 0 Å². The summed E-state index contributed by atoms with van der Waals surface area (Å²) >= 11 is 5.64. The fourth-order valence-corrected chi connectivity index (χ4v) is 1.17. The van der Waals surface area contributed by atoms with Crippen LogP contribution in [0.3, 0.4) is 0 Å². The third-order valence-corrected chi connectivity index (χ3v) is 1.96. The molecule has 0 saturated carbocycles. The molecule has 0 spiro atoms. The molecular weight excluding hydrogens is 230 g/mol. The molecule has 0 bridgehead atoms. The zero-order chi connectivity index (χ0) is 11.8. The lowest BCUT2D eigenvalue weighted by molar-refractivity contribution is -0.143. The van der Waals surface area contributed by atoms with Gasteiger partial charge in [-0.1, -0.05) is 11.6 Å². The second-order valence-corrected chi connectivity index (χ2v) is 3.50. The van der Waals surface area contributed by atoms with E-state index < -0.39 is 0 Å². The van der Waals surface area contributed by atoms with Crippen LogP contribution in [0.15, 0.2) is 12.4 Å². The molecule has 6 heteroatoms. The number of esters is 1. The van der Waals surface area contributed by atoms with Gasteiger partial charge in [0.25, 0.3) is 0 Å². The molecular formula is C10H14ClN3O2. The van der Waals surface area contributed by atoms with Gasteiger partial charge in [0.1, 0.15) is 0 Å². The summed E-state index contributed by atoms with van der Waals surface area (Å²) in [5.41, 5.74) is 0. The van der Waals surface area contributed by atoms with Crippen molar-refractivity contribution in [2.24, 2.45) is 0 Å². The summed E-state index contributed by atoms with van der Waals surface area (Å²) < 4.78 is 4.79. The average molecular weight is 244 g/mol. The monoisotopic (exact) mass is 243 g/mol. The Hall–Kier alpha value is -1.36. The lowest BCUT2D eigenvalue weighted by Crippen LogP contribution is -2.09. The lowest BCUT2D eigenvalue weighted by Gasteiger charge is -2.04. The number of hydrogen-bond donors (Lipinski definition) is 1. The second kappa shape index (κ2) is 7.00. The average Bonchev–Trinajstić information content (AvgIpc) is 2.27. The number of nitrogens with one attached hydrogen (secondary N) is 1. The highest BCUT2D eigenvalue weighted by molar-refractivity contribution is 6.30. The van der Waals surface area contributed by atoms with Gasteiger partial charge in [-0.2, -0.15) is 0 Å². The van der Waals surface area contributed by atoms with Gasteiger partial charge in [0.05, 0.1) is 24.0 Å². The largest absolute Gasteiger partial charge is 0.466 e. The van der Waals surface area contributed by atoms with Crippen molar-refractivity contribution in [3.8, 4) is 0 Å². The number of aromatic nitrogens is 2. The standard InChI is InChI=1S/C10H14ClN3O2/c1-2-16-9(15)4-3-5-12-10-13-6-8(11)7-14-10/h6-7H,2-5H2,1H3,(H,12,13,14). The number of halogens is 1. The molecule has 0 unspecified atom stereocenters. The van der Waals surface area contributed by atoms with E-state index in [1.165, 1.54) is 12.4 Å². The zero-order valence-corrected chi connectivity index (χ0v) is 9.83. The summed E-state index contributed by atoms with van der Waals surface area (Å²) in [6.45, 7) is 2.84. The van der Waals surface area contributed by atoms with E-state index in [1.807, 2.05) is 0 Å². The molecule has 1 aromatic heterocycles. The minimum atomic E-state index is -0.179. The van der Waals surface area contributed by atoms with Gasteiger partial charge in [-0.3, -0.25) is 4.79 Å². The summed E-state index contributed by atoms with van der Waals surface area (Å²) in [7, 11) is 0. The highest BCUT2D eigenvalue weighted by Crippen LogP contribution is 2.05. The minimum Gasteiger partial charge on any atom is -0.466 e. The van der Waals surface area contributed by atoms with Gasteiger partial charge in [-0.15, -0.1) is 0 Å². The topological polar surface area (TPSA) is 64.1 Å². The third-order valence-electron chi connectivity index (χ3n) is 1.77. The Balaban J connectivity index is 2.16. The van der Waals surface area contributed by atoms with Gasteiger partial charge in [0, 0.05) is 13.0 Å². The number of carbonyl (C=O) groups is 1. The first kappa shape index (κ1) is 12.7. The van der Waals surface area contributed by atoms with Crippen LogP contribution in [0.25, 0.3) is 0 Å². The summed E-state index contributed by atoms with van der Waals surface area (Å²) in [6, 6.07) is 0. The van der Waals surface area contributed by atoms with Crippen molar-refractivity contribution >= 4 is 23.5 Å². The first-order chi connectivity index (χ1) is 7.72. The minimum absolute atomic E-state index is 0.179. The molecule has 0 amide bonds. The van der Waals surface area contributed by atoms with Crippen LogP contribution in [-0.4, -0.2) is 29.1 Å². The SMILES string of the molecule is CCOC(=O)CCCNc1ncc(Cl)cn1. The molecule has 0 radical (unpaired) electrons. The van der Waals surface area contributed by atoms with Crippen molar-refractivity contribution < 1.29 is 9.53 Å². The molecule has 16 heavy (non-hydrogen) atoms. The Morgan fingerprint density at radius 2 is 2.19 bits per heavy atom. The Labute approximate surface area is 99.2 Å². The predicted molar refractivity (Wildman–Crippen MR) is 61.4 cm³/mol. The van der Waals surface area contributed by atoms with Gasteiger partial charge >= 0.3 is 5.97 Å². The number of nitrogens with zero attached hydrogens (tertiary/aromatic N) is 2. The van der Waals surface area contributed by atoms with Crippen molar-refractivity contribution in [2.75, 3.05) is 18.5 Å². The van der Waals surface area contributed by atoms with E-state index in [0.717, 1.165) is 0 Å². The van der Waals surface area contributed by atoms with E-state index in [9.17, 15) is 4.79 Å². The van der Waals surface area contributed by atoms with E-state index in [0.29, 0.717) is 37.0 Å². The van der Waals surface area contributed by atoms with Crippen molar-refractivity contribution in [3.63, 3.8) is 0 Å². The number of rotatable bonds is 6. The van der Waals surface area contributed by atoms with Crippen LogP contribution in [-0.2, 0) is 9.53 Å². The maximum absolute atomic E-state index is 11.0. The van der Waals surface area contributed by atoms with Gasteiger partial charge in [0.15, 0.2) is 0 Å². The van der Waals surface area contributed by atoms with Crippen LogP contribution >= 0.6 is 11.6 Å². The smallest absolute Gasteiger partial charge is 0.305 e. The first-order valence-corrected chi connectivity index (χ1v) is 5.47. The molecule has 5 nitrogen and oxygen atoms in total. The molecule has 1 N–H and O–H groups in total. The van der Waals surface area contributed by atoms with Crippen molar-refractivity contribution in [3.05, 3.63) is 17.4 Å². The Morgan fingerprint density at radius 3 is 2.81 bits per heavy atom. The first-order valence-electron chi connectivity index (χ1n) is 5.09. The molecule has 0 aliphatic heterocycles. The highest BCUT2D eigenvalue weighted by Gasteiger charge is 2.01. The fraction of sp³-hybridized carbons (Fsp3) is 0.500. The predicted octanol–water partition coefficient (Wildman–Crippen LogP) is 1.89. The lowest BCUT2D eigenvalue weighted by atomic mass is 10.3. The van der Waals surface area contributed by atoms with Gasteiger partial charge in [-0.05, 0) is 13.3 Å². The number of carbonyl (C=O) groups excluding carboxylic acids is 1. The molecule has 0 saturated heterocycles. The van der Waals surface area contributed by atoms with Crippen LogP contribution in [0, 0.1) is 0 Å². The third kappa shape index (κ3) is 4.93. The van der Waals surface area contributed by atoms with Crippen LogP contribution in [0.2, 0.25) is 5.02 Å². The number of anilines is 1. The van der Waals surface area contributed by atoms with Crippen LogP contribution < -0.4 is 5.32 Å². The Kier molecular flexibility index (Phi) is 5.56. The molecule has 0 atom stereocenters. The van der Waals surface area contributed by atoms with E-state index in [1.54, 1.807) is 6.92 Å². The summed E-state index contributed by atoms with van der Waals surface area (Å²) in [5, 5.41) is 3.48.